The highest BCUT2D eigenvalue weighted by molar-refractivity contribution is 5.77. The summed E-state index contributed by atoms with van der Waals surface area (Å²) < 4.78 is 0. The van der Waals surface area contributed by atoms with Crippen LogP contribution in [0.5, 0.6) is 0 Å². The molecule has 1 heterocycles. The lowest BCUT2D eigenvalue weighted by Crippen LogP contribution is -2.62. The Morgan fingerprint density at radius 1 is 0.644 bits per heavy atom. The van der Waals surface area contributed by atoms with Crippen LogP contribution in [0.3, 0.4) is 0 Å². The minimum Gasteiger partial charge on any atom is -0.376 e. The van der Waals surface area contributed by atoms with Gasteiger partial charge in [-0.15, -0.1) is 0 Å². The molecule has 1 unspecified atom stereocenters. The van der Waals surface area contributed by atoms with E-state index in [0.717, 1.165) is 41.5 Å². The second kappa shape index (κ2) is 15.2. The summed E-state index contributed by atoms with van der Waals surface area (Å²) in [5, 5.41) is 10.2. The summed E-state index contributed by atoms with van der Waals surface area (Å²) in [5.41, 5.74) is 10.6. The zero-order valence-electron chi connectivity index (χ0n) is 26.8. The number of pyridine rings is 1. The lowest BCUT2D eigenvalue weighted by Gasteiger charge is -2.48. The van der Waals surface area contributed by atoms with Crippen LogP contribution in [0.2, 0.25) is 0 Å². The Morgan fingerprint density at radius 3 is 1.87 bits per heavy atom. The largest absolute Gasteiger partial charge is 0.376 e. The first-order chi connectivity index (χ1) is 22.0. The van der Waals surface area contributed by atoms with Crippen LogP contribution >= 0.6 is 0 Å². The topological polar surface area (TPSA) is 58.7 Å². The molecule has 1 aromatic heterocycles. The molecule has 0 aliphatic rings. The summed E-state index contributed by atoms with van der Waals surface area (Å²) in [7, 11) is 4.22. The Hall–Kier alpha value is -4.85. The maximum absolute atomic E-state index is 4.78. The SMILES string of the molecule is CCN(CC)c1c(N(C)C)cccc1C(Nc1ccccc1)(Nc1ccccn1)N(Cc1ccccc1)NCc1ccccc1. The number of hydrogen-bond acceptors (Lipinski definition) is 7. The Balaban J connectivity index is 1.80. The van der Waals surface area contributed by atoms with E-state index in [4.69, 9.17) is 4.98 Å². The second-order valence-corrected chi connectivity index (χ2v) is 11.2. The molecule has 0 saturated heterocycles. The van der Waals surface area contributed by atoms with Gasteiger partial charge in [0.1, 0.15) is 5.82 Å². The standard InChI is InChI=1S/C38H45N7/c1-5-44(6-2)37-34(25-18-26-35(37)43(3)4)38(41-33-23-14-9-15-24-33,42-36-27-16-17-28-39-36)45(30-32-21-12-8-13-22-32)40-29-31-19-10-7-11-20-31/h7-28,40-41H,5-6,29-30H2,1-4H3,(H,39,42). The summed E-state index contributed by atoms with van der Waals surface area (Å²) in [4.78, 5) is 9.41. The minimum absolute atomic E-state index is 0.594. The molecule has 0 radical (unpaired) electrons. The van der Waals surface area contributed by atoms with Gasteiger partial charge < -0.3 is 20.4 Å². The molecule has 0 aliphatic heterocycles. The Labute approximate surface area is 268 Å². The van der Waals surface area contributed by atoms with Gasteiger partial charge >= 0.3 is 0 Å². The third kappa shape index (κ3) is 7.63. The quantitative estimate of drug-likeness (QED) is 0.0849. The zero-order valence-corrected chi connectivity index (χ0v) is 26.8. The molecular weight excluding hydrogens is 554 g/mol. The first-order valence-electron chi connectivity index (χ1n) is 15.7. The van der Waals surface area contributed by atoms with E-state index in [2.05, 4.69) is 162 Å². The van der Waals surface area contributed by atoms with Gasteiger partial charge in [0.2, 0.25) is 5.79 Å². The van der Waals surface area contributed by atoms with Crippen LogP contribution in [-0.2, 0) is 18.9 Å². The maximum Gasteiger partial charge on any atom is 0.210 e. The van der Waals surface area contributed by atoms with Crippen molar-refractivity contribution in [2.24, 2.45) is 0 Å². The molecule has 232 valence electrons. The molecule has 0 spiro atoms. The Kier molecular flexibility index (Phi) is 10.7. The number of hydrazine groups is 1. The fraction of sp³-hybridized carbons (Fsp3) is 0.237. The zero-order chi connectivity index (χ0) is 31.5. The van der Waals surface area contributed by atoms with Gasteiger partial charge in [0.25, 0.3) is 0 Å². The molecule has 1 atom stereocenters. The third-order valence-electron chi connectivity index (χ3n) is 7.94. The molecule has 0 amide bonds. The van der Waals surface area contributed by atoms with Gasteiger partial charge in [-0.25, -0.2) is 10.4 Å². The average molecular weight is 600 g/mol. The number of nitrogens with zero attached hydrogens (tertiary/aromatic N) is 4. The predicted octanol–water partition coefficient (Wildman–Crippen LogP) is 7.54. The highest BCUT2D eigenvalue weighted by Crippen LogP contribution is 2.42. The summed E-state index contributed by atoms with van der Waals surface area (Å²) >= 11 is 0. The van der Waals surface area contributed by atoms with Crippen molar-refractivity contribution in [3.63, 3.8) is 0 Å². The molecule has 0 saturated carbocycles. The Morgan fingerprint density at radius 2 is 1.27 bits per heavy atom. The molecule has 0 fully saturated rings. The normalized spacial score (nSPS) is 12.4. The van der Waals surface area contributed by atoms with Gasteiger partial charge in [-0.1, -0.05) is 97.1 Å². The van der Waals surface area contributed by atoms with Crippen LogP contribution in [0.4, 0.5) is 22.9 Å². The van der Waals surface area contributed by atoms with E-state index in [1.54, 1.807) is 0 Å². The van der Waals surface area contributed by atoms with Crippen LogP contribution in [0.15, 0.2) is 134 Å². The van der Waals surface area contributed by atoms with Crippen molar-refractivity contribution in [2.75, 3.05) is 47.6 Å². The number of aromatic nitrogens is 1. The first kappa shape index (κ1) is 31.6. The van der Waals surface area contributed by atoms with Gasteiger partial charge in [0.05, 0.1) is 11.4 Å². The van der Waals surface area contributed by atoms with E-state index < -0.39 is 5.79 Å². The molecule has 0 bridgehead atoms. The van der Waals surface area contributed by atoms with Crippen molar-refractivity contribution in [3.8, 4) is 0 Å². The van der Waals surface area contributed by atoms with Gasteiger partial charge in [0, 0.05) is 57.7 Å². The van der Waals surface area contributed by atoms with E-state index in [0.29, 0.717) is 13.1 Å². The van der Waals surface area contributed by atoms with Crippen LogP contribution in [0.25, 0.3) is 0 Å². The fourth-order valence-electron chi connectivity index (χ4n) is 5.70. The summed E-state index contributed by atoms with van der Waals surface area (Å²) in [5.74, 6) is -0.258. The molecule has 7 heteroatoms. The first-order valence-corrected chi connectivity index (χ1v) is 15.7. The van der Waals surface area contributed by atoms with E-state index >= 15 is 0 Å². The fourth-order valence-corrected chi connectivity index (χ4v) is 5.70. The smallest absolute Gasteiger partial charge is 0.210 e. The molecular formula is C38H45N7. The predicted molar refractivity (Wildman–Crippen MR) is 189 cm³/mol. The third-order valence-corrected chi connectivity index (χ3v) is 7.94. The van der Waals surface area contributed by atoms with Gasteiger partial charge in [0.15, 0.2) is 0 Å². The van der Waals surface area contributed by atoms with Crippen molar-refractivity contribution in [2.45, 2.75) is 32.7 Å². The molecule has 4 aromatic carbocycles. The highest BCUT2D eigenvalue weighted by Gasteiger charge is 2.43. The summed E-state index contributed by atoms with van der Waals surface area (Å²) in [6.07, 6.45) is 1.83. The molecule has 3 N–H and O–H groups in total. The van der Waals surface area contributed by atoms with E-state index in [1.807, 2.05) is 30.5 Å². The van der Waals surface area contributed by atoms with Gasteiger partial charge in [-0.05, 0) is 55.3 Å². The molecule has 7 nitrogen and oxygen atoms in total. The number of hydrogen-bond donors (Lipinski definition) is 3. The number of nitrogens with one attached hydrogen (secondary N) is 3. The van der Waals surface area contributed by atoms with Crippen LogP contribution in [-0.4, -0.2) is 37.2 Å². The van der Waals surface area contributed by atoms with E-state index in [9.17, 15) is 0 Å². The molecule has 5 aromatic rings. The van der Waals surface area contributed by atoms with Gasteiger partial charge in [-0.3, -0.25) is 0 Å². The number of para-hydroxylation sites is 2. The lowest BCUT2D eigenvalue weighted by molar-refractivity contribution is 0.0581. The minimum atomic E-state index is -1.01. The van der Waals surface area contributed by atoms with Gasteiger partial charge in [-0.2, -0.15) is 5.01 Å². The Bertz CT molecular complexity index is 1530. The van der Waals surface area contributed by atoms with Crippen LogP contribution < -0.4 is 25.9 Å². The number of benzene rings is 4. The van der Waals surface area contributed by atoms with E-state index in [-0.39, 0.29) is 0 Å². The van der Waals surface area contributed by atoms with E-state index in [1.165, 1.54) is 11.1 Å². The number of anilines is 4. The molecule has 5 rings (SSSR count). The van der Waals surface area contributed by atoms with Crippen molar-refractivity contribution in [1.82, 2.24) is 15.4 Å². The van der Waals surface area contributed by atoms with Crippen LogP contribution in [0.1, 0.15) is 30.5 Å². The highest BCUT2D eigenvalue weighted by atomic mass is 15.6. The van der Waals surface area contributed by atoms with Crippen molar-refractivity contribution < 1.29 is 0 Å². The van der Waals surface area contributed by atoms with Crippen molar-refractivity contribution in [1.29, 1.82) is 0 Å². The maximum atomic E-state index is 4.78. The second-order valence-electron chi connectivity index (χ2n) is 11.2. The lowest BCUT2D eigenvalue weighted by atomic mass is 9.99. The van der Waals surface area contributed by atoms with Crippen molar-refractivity contribution in [3.05, 3.63) is 150 Å². The van der Waals surface area contributed by atoms with Crippen molar-refractivity contribution >= 4 is 22.9 Å². The number of rotatable bonds is 15. The summed E-state index contributed by atoms with van der Waals surface area (Å²) in [6, 6.07) is 44.1. The summed E-state index contributed by atoms with van der Waals surface area (Å²) in [6.45, 7) is 7.37. The van der Waals surface area contributed by atoms with Crippen LogP contribution in [0, 0.1) is 0 Å². The molecule has 45 heavy (non-hydrogen) atoms. The monoisotopic (exact) mass is 599 g/mol. The average Bonchev–Trinajstić information content (AvgIpc) is 3.08. The molecule has 0 aliphatic carbocycles.